The predicted octanol–water partition coefficient (Wildman–Crippen LogP) is 1.89. The summed E-state index contributed by atoms with van der Waals surface area (Å²) in [6.45, 7) is 3.80. The minimum absolute atomic E-state index is 0.254. The van der Waals surface area contributed by atoms with Crippen LogP contribution < -0.4 is 5.32 Å². The number of aromatic nitrogens is 2. The van der Waals surface area contributed by atoms with E-state index in [1.807, 2.05) is 0 Å². The molecule has 0 saturated heterocycles. The van der Waals surface area contributed by atoms with Gasteiger partial charge in [-0.1, -0.05) is 18.5 Å². The lowest BCUT2D eigenvalue weighted by atomic mass is 9.85. The van der Waals surface area contributed by atoms with Crippen LogP contribution in [0.1, 0.15) is 50.2 Å². The molecule has 1 heterocycles. The summed E-state index contributed by atoms with van der Waals surface area (Å²) in [7, 11) is 1.72. The van der Waals surface area contributed by atoms with Gasteiger partial charge in [-0.05, 0) is 25.8 Å². The Kier molecular flexibility index (Phi) is 5.13. The maximum absolute atomic E-state index is 5.32. The Morgan fingerprint density at radius 1 is 1.50 bits per heavy atom. The van der Waals surface area contributed by atoms with Gasteiger partial charge >= 0.3 is 0 Å². The van der Waals surface area contributed by atoms with Gasteiger partial charge in [-0.15, -0.1) is 0 Å². The highest BCUT2D eigenvalue weighted by molar-refractivity contribution is 5.00. The first-order valence-corrected chi connectivity index (χ1v) is 6.88. The standard InChI is InChI=1S/C13H23N3O2/c1-3-7-14-11(9-17-2)8-12-15-13(16-18-12)10-5-4-6-10/h10-11,14H,3-9H2,1-2H3. The van der Waals surface area contributed by atoms with Crippen LogP contribution in [-0.4, -0.2) is 36.4 Å². The van der Waals surface area contributed by atoms with Gasteiger partial charge in [0, 0.05) is 25.5 Å². The molecule has 0 spiro atoms. The highest BCUT2D eigenvalue weighted by Gasteiger charge is 2.25. The van der Waals surface area contributed by atoms with Gasteiger partial charge in [-0.3, -0.25) is 0 Å². The second kappa shape index (κ2) is 6.85. The zero-order valence-corrected chi connectivity index (χ0v) is 11.3. The van der Waals surface area contributed by atoms with E-state index in [0.717, 1.165) is 31.1 Å². The lowest BCUT2D eigenvalue weighted by Crippen LogP contribution is -2.35. The number of ether oxygens (including phenoxy) is 1. The van der Waals surface area contributed by atoms with Crippen molar-refractivity contribution in [1.29, 1.82) is 0 Å². The zero-order valence-electron chi connectivity index (χ0n) is 11.3. The number of rotatable bonds is 8. The van der Waals surface area contributed by atoms with Crippen LogP contribution in [0.25, 0.3) is 0 Å². The molecular weight excluding hydrogens is 230 g/mol. The normalized spacial score (nSPS) is 17.7. The number of hydrogen-bond donors (Lipinski definition) is 1. The van der Waals surface area contributed by atoms with Gasteiger partial charge in [0.2, 0.25) is 5.89 Å². The fraction of sp³-hybridized carbons (Fsp3) is 0.846. The first-order chi connectivity index (χ1) is 8.83. The SMILES string of the molecule is CCCNC(COC)Cc1nc(C2CCC2)no1. The van der Waals surface area contributed by atoms with E-state index in [9.17, 15) is 0 Å². The number of hydrogen-bond acceptors (Lipinski definition) is 5. The maximum atomic E-state index is 5.32. The van der Waals surface area contributed by atoms with Gasteiger partial charge in [0.25, 0.3) is 0 Å². The van der Waals surface area contributed by atoms with Crippen LogP contribution in [0.4, 0.5) is 0 Å². The average molecular weight is 253 g/mol. The van der Waals surface area contributed by atoms with Crippen molar-refractivity contribution in [3.05, 3.63) is 11.7 Å². The van der Waals surface area contributed by atoms with E-state index in [1.165, 1.54) is 19.3 Å². The van der Waals surface area contributed by atoms with Crippen molar-refractivity contribution in [1.82, 2.24) is 15.5 Å². The highest BCUT2D eigenvalue weighted by atomic mass is 16.5. The molecule has 0 aliphatic heterocycles. The summed E-state index contributed by atoms with van der Waals surface area (Å²) in [5, 5.41) is 7.51. The summed E-state index contributed by atoms with van der Waals surface area (Å²) in [6.07, 6.45) is 5.55. The number of methoxy groups -OCH3 is 1. The molecule has 0 radical (unpaired) electrons. The highest BCUT2D eigenvalue weighted by Crippen LogP contribution is 2.34. The molecule has 0 aromatic carbocycles. The van der Waals surface area contributed by atoms with Gasteiger partial charge in [-0.25, -0.2) is 0 Å². The monoisotopic (exact) mass is 253 g/mol. The van der Waals surface area contributed by atoms with Crippen LogP contribution in [0, 0.1) is 0 Å². The van der Waals surface area contributed by atoms with E-state index in [-0.39, 0.29) is 6.04 Å². The largest absolute Gasteiger partial charge is 0.383 e. The topological polar surface area (TPSA) is 60.2 Å². The van der Waals surface area contributed by atoms with Crippen LogP contribution in [0.3, 0.4) is 0 Å². The zero-order chi connectivity index (χ0) is 12.8. The molecule has 2 rings (SSSR count). The molecule has 1 fully saturated rings. The summed E-state index contributed by atoms with van der Waals surface area (Å²) in [5.41, 5.74) is 0. The van der Waals surface area contributed by atoms with Gasteiger partial charge in [0.1, 0.15) is 0 Å². The van der Waals surface area contributed by atoms with Crippen molar-refractivity contribution in [2.24, 2.45) is 0 Å². The third-order valence-corrected chi connectivity index (χ3v) is 3.43. The Hall–Kier alpha value is -0.940. The van der Waals surface area contributed by atoms with Crippen molar-refractivity contribution >= 4 is 0 Å². The van der Waals surface area contributed by atoms with E-state index in [2.05, 4.69) is 22.4 Å². The lowest BCUT2D eigenvalue weighted by molar-refractivity contribution is 0.161. The van der Waals surface area contributed by atoms with Crippen molar-refractivity contribution in [3.63, 3.8) is 0 Å². The molecule has 1 saturated carbocycles. The van der Waals surface area contributed by atoms with E-state index >= 15 is 0 Å². The molecule has 102 valence electrons. The van der Waals surface area contributed by atoms with E-state index in [4.69, 9.17) is 9.26 Å². The third-order valence-electron chi connectivity index (χ3n) is 3.43. The molecule has 1 unspecified atom stereocenters. The molecule has 5 nitrogen and oxygen atoms in total. The second-order valence-corrected chi connectivity index (χ2v) is 4.98. The van der Waals surface area contributed by atoms with E-state index in [1.54, 1.807) is 7.11 Å². The van der Waals surface area contributed by atoms with Crippen LogP contribution in [0.2, 0.25) is 0 Å². The molecule has 1 aliphatic carbocycles. The van der Waals surface area contributed by atoms with Gasteiger partial charge in [0.05, 0.1) is 6.61 Å². The van der Waals surface area contributed by atoms with Crippen LogP contribution in [-0.2, 0) is 11.2 Å². The molecule has 1 aliphatic rings. The molecule has 5 heteroatoms. The summed E-state index contributed by atoms with van der Waals surface area (Å²) in [6, 6.07) is 0.254. The molecule has 1 N–H and O–H groups in total. The first-order valence-electron chi connectivity index (χ1n) is 6.88. The van der Waals surface area contributed by atoms with Crippen molar-refractivity contribution < 1.29 is 9.26 Å². The molecule has 18 heavy (non-hydrogen) atoms. The fourth-order valence-corrected chi connectivity index (χ4v) is 2.13. The predicted molar refractivity (Wildman–Crippen MR) is 68.6 cm³/mol. The summed E-state index contributed by atoms with van der Waals surface area (Å²) < 4.78 is 10.5. The van der Waals surface area contributed by atoms with E-state index < -0.39 is 0 Å². The van der Waals surface area contributed by atoms with Gasteiger partial charge in [0.15, 0.2) is 5.82 Å². The second-order valence-electron chi connectivity index (χ2n) is 4.98. The van der Waals surface area contributed by atoms with Crippen LogP contribution >= 0.6 is 0 Å². The Balaban J connectivity index is 1.86. The average Bonchev–Trinajstić information content (AvgIpc) is 2.72. The van der Waals surface area contributed by atoms with Crippen molar-refractivity contribution in [2.75, 3.05) is 20.3 Å². The summed E-state index contributed by atoms with van der Waals surface area (Å²) in [4.78, 5) is 4.49. The minimum atomic E-state index is 0.254. The Bertz CT molecular complexity index is 350. The Morgan fingerprint density at radius 2 is 2.33 bits per heavy atom. The Labute approximate surface area is 108 Å². The minimum Gasteiger partial charge on any atom is -0.383 e. The maximum Gasteiger partial charge on any atom is 0.228 e. The summed E-state index contributed by atoms with van der Waals surface area (Å²) in [5.74, 6) is 2.15. The molecule has 1 aromatic rings. The lowest BCUT2D eigenvalue weighted by Gasteiger charge is -2.21. The number of nitrogens with one attached hydrogen (secondary N) is 1. The van der Waals surface area contributed by atoms with E-state index in [0.29, 0.717) is 12.5 Å². The molecule has 1 atom stereocenters. The summed E-state index contributed by atoms with van der Waals surface area (Å²) >= 11 is 0. The van der Waals surface area contributed by atoms with Crippen LogP contribution in [0.15, 0.2) is 4.52 Å². The quantitative estimate of drug-likeness (QED) is 0.766. The third kappa shape index (κ3) is 3.53. The van der Waals surface area contributed by atoms with Crippen molar-refractivity contribution in [3.8, 4) is 0 Å². The fourth-order valence-electron chi connectivity index (χ4n) is 2.13. The molecule has 1 aromatic heterocycles. The first kappa shape index (κ1) is 13.5. The molecule has 0 bridgehead atoms. The van der Waals surface area contributed by atoms with Crippen LogP contribution in [0.5, 0.6) is 0 Å². The smallest absolute Gasteiger partial charge is 0.228 e. The van der Waals surface area contributed by atoms with Gasteiger partial charge in [-0.2, -0.15) is 4.98 Å². The van der Waals surface area contributed by atoms with Gasteiger partial charge < -0.3 is 14.6 Å². The molecule has 0 amide bonds. The molecular formula is C13H23N3O2. The van der Waals surface area contributed by atoms with Crippen molar-refractivity contribution in [2.45, 2.75) is 51.0 Å². The Morgan fingerprint density at radius 3 is 2.94 bits per heavy atom. The number of nitrogens with zero attached hydrogens (tertiary/aromatic N) is 2.